The molecule has 200 valence electrons. The molecule has 1 saturated heterocycles. The molecule has 9 heteroatoms. The molecular weight excluding hydrogens is 502 g/mol. The number of anilines is 2. The monoisotopic (exact) mass is 531 g/mol. The van der Waals surface area contributed by atoms with E-state index in [4.69, 9.17) is 9.26 Å². The van der Waals surface area contributed by atoms with Crippen LogP contribution < -0.4 is 5.32 Å². The zero-order valence-corrected chi connectivity index (χ0v) is 22.7. The fourth-order valence-electron chi connectivity index (χ4n) is 4.82. The minimum Gasteiger partial charge on any atom is -0.379 e. The van der Waals surface area contributed by atoms with Crippen LogP contribution in [0.3, 0.4) is 0 Å². The van der Waals surface area contributed by atoms with Gasteiger partial charge in [-0.3, -0.25) is 4.90 Å². The standard InChI is InChI=1S/C31H29N7O2/c1-21-6-8-27-29(26(21)9-7-25-18-33-28-5-4-10-34-38(25)28)40-36-30(27)35-24-16-22(19-37-11-13-39-14-12-37)15-23(17-24)31(2,3)20-32/h4-6,8,10,15-18H,11-14,19H2,1-3H3,(H,35,36). The largest absolute Gasteiger partial charge is 0.379 e. The second kappa shape index (κ2) is 10.5. The van der Waals surface area contributed by atoms with Gasteiger partial charge in [-0.2, -0.15) is 10.4 Å². The van der Waals surface area contributed by atoms with Gasteiger partial charge in [-0.25, -0.2) is 9.50 Å². The summed E-state index contributed by atoms with van der Waals surface area (Å²) < 4.78 is 13.1. The zero-order valence-electron chi connectivity index (χ0n) is 22.7. The average Bonchev–Trinajstić information content (AvgIpc) is 3.57. The molecule has 6 rings (SSSR count). The van der Waals surface area contributed by atoms with Crippen LogP contribution >= 0.6 is 0 Å². The van der Waals surface area contributed by atoms with Crippen molar-refractivity contribution in [3.63, 3.8) is 0 Å². The Labute approximate surface area is 232 Å². The smallest absolute Gasteiger partial charge is 0.184 e. The lowest BCUT2D eigenvalue weighted by molar-refractivity contribution is 0.0342. The highest BCUT2D eigenvalue weighted by Gasteiger charge is 2.23. The maximum Gasteiger partial charge on any atom is 0.184 e. The summed E-state index contributed by atoms with van der Waals surface area (Å²) in [5.74, 6) is 7.04. The van der Waals surface area contributed by atoms with Crippen molar-refractivity contribution in [1.29, 1.82) is 5.26 Å². The molecule has 0 radical (unpaired) electrons. The van der Waals surface area contributed by atoms with E-state index in [1.54, 1.807) is 16.9 Å². The highest BCUT2D eigenvalue weighted by Crippen LogP contribution is 2.32. The number of hydrogen-bond acceptors (Lipinski definition) is 8. The number of nitrogens with zero attached hydrogens (tertiary/aromatic N) is 6. The molecule has 9 nitrogen and oxygen atoms in total. The predicted molar refractivity (Wildman–Crippen MR) is 152 cm³/mol. The molecule has 1 N–H and O–H groups in total. The van der Waals surface area contributed by atoms with E-state index in [9.17, 15) is 5.26 Å². The lowest BCUT2D eigenvalue weighted by Crippen LogP contribution is -2.35. The number of morpholine rings is 1. The van der Waals surface area contributed by atoms with E-state index in [0.717, 1.165) is 71.8 Å². The molecular formula is C31H29N7O2. The Morgan fingerprint density at radius 2 is 1.95 bits per heavy atom. The van der Waals surface area contributed by atoms with Crippen molar-refractivity contribution in [3.05, 3.63) is 82.8 Å². The van der Waals surface area contributed by atoms with Crippen molar-refractivity contribution >= 4 is 28.1 Å². The quantitative estimate of drug-likeness (QED) is 0.318. The van der Waals surface area contributed by atoms with Crippen LogP contribution in [-0.4, -0.2) is 51.0 Å². The molecule has 0 aliphatic carbocycles. The molecule has 0 atom stereocenters. The number of hydrogen-bond donors (Lipinski definition) is 1. The van der Waals surface area contributed by atoms with E-state index in [1.165, 1.54) is 0 Å². The Balaban J connectivity index is 1.35. The highest BCUT2D eigenvalue weighted by molar-refractivity contribution is 5.94. The molecule has 0 unspecified atom stereocenters. The van der Waals surface area contributed by atoms with Crippen molar-refractivity contribution in [1.82, 2.24) is 24.7 Å². The maximum atomic E-state index is 9.84. The van der Waals surface area contributed by atoms with E-state index in [1.807, 2.05) is 51.1 Å². The summed E-state index contributed by atoms with van der Waals surface area (Å²) >= 11 is 0. The van der Waals surface area contributed by atoms with E-state index < -0.39 is 5.41 Å². The lowest BCUT2D eigenvalue weighted by atomic mass is 9.85. The number of benzene rings is 2. The number of imidazole rings is 1. The van der Waals surface area contributed by atoms with E-state index in [2.05, 4.69) is 55.5 Å². The molecule has 1 fully saturated rings. The molecule has 0 amide bonds. The number of rotatable bonds is 5. The predicted octanol–water partition coefficient (Wildman–Crippen LogP) is 4.96. The first kappa shape index (κ1) is 25.6. The normalized spacial score (nSPS) is 14.2. The van der Waals surface area contributed by atoms with Crippen molar-refractivity contribution in [2.75, 3.05) is 31.6 Å². The Kier molecular flexibility index (Phi) is 6.69. The molecule has 1 aliphatic rings. The van der Waals surface area contributed by atoms with Gasteiger partial charge in [-0.1, -0.05) is 23.2 Å². The van der Waals surface area contributed by atoms with Crippen LogP contribution in [0.15, 0.2) is 59.4 Å². The van der Waals surface area contributed by atoms with Crippen LogP contribution in [0.2, 0.25) is 0 Å². The number of aryl methyl sites for hydroxylation is 1. The average molecular weight is 532 g/mol. The SMILES string of the molecule is Cc1ccc2c(Nc3cc(CN4CCOCC4)cc(C(C)(C)C#N)c3)noc2c1C#Cc1cnc2cccnn12. The van der Waals surface area contributed by atoms with Crippen LogP contribution in [-0.2, 0) is 16.7 Å². The summed E-state index contributed by atoms with van der Waals surface area (Å²) in [5.41, 5.74) is 6.06. The topological polar surface area (TPSA) is 105 Å². The van der Waals surface area contributed by atoms with Gasteiger partial charge in [0.2, 0.25) is 0 Å². The van der Waals surface area contributed by atoms with E-state index in [-0.39, 0.29) is 0 Å². The van der Waals surface area contributed by atoms with Crippen LogP contribution in [0.4, 0.5) is 11.5 Å². The fraction of sp³-hybridized carbons (Fsp3) is 0.290. The van der Waals surface area contributed by atoms with Crippen molar-refractivity contribution < 1.29 is 9.26 Å². The van der Waals surface area contributed by atoms with Gasteiger partial charge in [0.15, 0.2) is 17.0 Å². The third-order valence-corrected chi connectivity index (χ3v) is 7.21. The molecule has 40 heavy (non-hydrogen) atoms. The van der Waals surface area contributed by atoms with Gasteiger partial charge in [0.05, 0.1) is 41.8 Å². The Morgan fingerprint density at radius 3 is 2.77 bits per heavy atom. The summed E-state index contributed by atoms with van der Waals surface area (Å²) in [6.45, 7) is 9.89. The molecule has 2 aromatic carbocycles. The van der Waals surface area contributed by atoms with Gasteiger partial charge in [-0.15, -0.1) is 0 Å². The number of fused-ring (bicyclic) bond motifs is 2. The van der Waals surface area contributed by atoms with Gasteiger partial charge >= 0.3 is 0 Å². The highest BCUT2D eigenvalue weighted by atomic mass is 16.5. The summed E-state index contributed by atoms with van der Waals surface area (Å²) in [4.78, 5) is 6.73. The molecule has 1 aliphatic heterocycles. The van der Waals surface area contributed by atoms with Gasteiger partial charge in [-0.05, 0) is 73.7 Å². The maximum absolute atomic E-state index is 9.84. The molecule has 4 heterocycles. The van der Waals surface area contributed by atoms with Gasteiger partial charge in [0.1, 0.15) is 5.69 Å². The Bertz CT molecular complexity index is 1810. The van der Waals surface area contributed by atoms with Gasteiger partial charge < -0.3 is 14.6 Å². The minimum atomic E-state index is -0.643. The third-order valence-electron chi connectivity index (χ3n) is 7.21. The first-order valence-corrected chi connectivity index (χ1v) is 13.2. The number of nitrogens with one attached hydrogen (secondary N) is 1. The van der Waals surface area contributed by atoms with E-state index >= 15 is 0 Å². The second-order valence-corrected chi connectivity index (χ2v) is 10.5. The summed E-state index contributed by atoms with van der Waals surface area (Å²) in [5, 5.41) is 22.8. The van der Waals surface area contributed by atoms with Crippen LogP contribution in [0.1, 0.15) is 41.8 Å². The summed E-state index contributed by atoms with van der Waals surface area (Å²) in [6.07, 6.45) is 3.42. The molecule has 3 aromatic heterocycles. The van der Waals surface area contributed by atoms with Crippen molar-refractivity contribution in [2.45, 2.75) is 32.7 Å². The molecule has 0 spiro atoms. The molecule has 0 saturated carbocycles. The first-order valence-electron chi connectivity index (χ1n) is 13.2. The van der Waals surface area contributed by atoms with Crippen molar-refractivity contribution in [3.8, 4) is 17.9 Å². The summed E-state index contributed by atoms with van der Waals surface area (Å²) in [6, 6.07) is 16.4. The third kappa shape index (κ3) is 5.01. The first-order chi connectivity index (χ1) is 19.4. The number of ether oxygens (including phenoxy) is 1. The van der Waals surface area contributed by atoms with Crippen LogP contribution in [0.25, 0.3) is 16.6 Å². The van der Waals surface area contributed by atoms with Crippen molar-refractivity contribution in [2.24, 2.45) is 0 Å². The fourth-order valence-corrected chi connectivity index (χ4v) is 4.82. The molecule has 5 aromatic rings. The van der Waals surface area contributed by atoms with Gasteiger partial charge in [0.25, 0.3) is 0 Å². The number of aromatic nitrogens is 4. The minimum absolute atomic E-state index is 0.596. The van der Waals surface area contributed by atoms with Gasteiger partial charge in [0, 0.05) is 31.5 Å². The second-order valence-electron chi connectivity index (χ2n) is 10.5. The Morgan fingerprint density at radius 1 is 1.10 bits per heavy atom. The number of nitriles is 1. The van der Waals surface area contributed by atoms with Crippen LogP contribution in [0.5, 0.6) is 0 Å². The molecule has 0 bridgehead atoms. The zero-order chi connectivity index (χ0) is 27.7. The summed E-state index contributed by atoms with van der Waals surface area (Å²) in [7, 11) is 0. The van der Waals surface area contributed by atoms with E-state index in [0.29, 0.717) is 17.1 Å². The lowest BCUT2D eigenvalue weighted by Gasteiger charge is -2.27. The van der Waals surface area contributed by atoms with Crippen LogP contribution in [0, 0.1) is 30.1 Å². The Hall–Kier alpha value is -4.70.